The van der Waals surface area contributed by atoms with Crippen molar-refractivity contribution in [3.8, 4) is 5.88 Å². The third kappa shape index (κ3) is 7.33. The summed E-state index contributed by atoms with van der Waals surface area (Å²) in [5.74, 6) is -1.06. The van der Waals surface area contributed by atoms with Crippen LogP contribution in [0.1, 0.15) is 15.9 Å². The van der Waals surface area contributed by atoms with Gasteiger partial charge in [0.05, 0.1) is 17.9 Å². The number of hydrogen-bond acceptors (Lipinski definition) is 7. The zero-order chi connectivity index (χ0) is 20.4. The van der Waals surface area contributed by atoms with Crippen molar-refractivity contribution in [2.75, 3.05) is 26.0 Å². The number of ether oxygens (including phenoxy) is 2. The molecule has 9 nitrogen and oxygen atoms in total. The summed E-state index contributed by atoms with van der Waals surface area (Å²) in [4.78, 5) is 27.4. The summed E-state index contributed by atoms with van der Waals surface area (Å²) in [6.07, 6.45) is 0.692. The quantitative estimate of drug-likeness (QED) is 0.597. The minimum Gasteiger partial charge on any atom is -0.391 e. The van der Waals surface area contributed by atoms with E-state index in [0.29, 0.717) is 6.61 Å². The number of carbonyl (C=O) groups is 2. The SMILES string of the molecule is COCCNC(=O)Oc1ccc(C(=O)NS(=O)(=O)CCc2ccccc2)cn1. The number of rotatable bonds is 9. The first-order valence-corrected chi connectivity index (χ1v) is 10.0. The van der Waals surface area contributed by atoms with E-state index in [-0.39, 0.29) is 30.2 Å². The van der Waals surface area contributed by atoms with Gasteiger partial charge in [-0.05, 0) is 18.1 Å². The number of benzene rings is 1. The maximum Gasteiger partial charge on any atom is 0.414 e. The first-order valence-electron chi connectivity index (χ1n) is 8.39. The Kier molecular flexibility index (Phi) is 7.90. The number of aromatic nitrogens is 1. The molecule has 0 radical (unpaired) electrons. The molecule has 150 valence electrons. The van der Waals surface area contributed by atoms with Crippen LogP contribution in [0.2, 0.25) is 0 Å². The zero-order valence-electron chi connectivity index (χ0n) is 15.3. The van der Waals surface area contributed by atoms with E-state index < -0.39 is 22.0 Å². The summed E-state index contributed by atoms with van der Waals surface area (Å²) in [6.45, 7) is 0.608. The Morgan fingerprint density at radius 3 is 2.50 bits per heavy atom. The highest BCUT2D eigenvalue weighted by Gasteiger charge is 2.17. The lowest BCUT2D eigenvalue weighted by Gasteiger charge is -2.08. The van der Waals surface area contributed by atoms with Crippen molar-refractivity contribution in [2.45, 2.75) is 6.42 Å². The third-order valence-corrected chi connectivity index (χ3v) is 4.76. The number of methoxy groups -OCH3 is 1. The largest absolute Gasteiger partial charge is 0.414 e. The lowest BCUT2D eigenvalue weighted by atomic mass is 10.2. The van der Waals surface area contributed by atoms with Gasteiger partial charge in [-0.1, -0.05) is 30.3 Å². The molecule has 0 aliphatic carbocycles. The monoisotopic (exact) mass is 407 g/mol. The fourth-order valence-electron chi connectivity index (χ4n) is 2.11. The van der Waals surface area contributed by atoms with E-state index in [0.717, 1.165) is 11.8 Å². The van der Waals surface area contributed by atoms with Crippen LogP contribution in [0.25, 0.3) is 0 Å². The molecule has 1 aromatic carbocycles. The first kappa shape index (κ1) is 21.3. The molecule has 0 atom stereocenters. The summed E-state index contributed by atoms with van der Waals surface area (Å²) in [5, 5.41) is 2.44. The van der Waals surface area contributed by atoms with Gasteiger partial charge in [-0.25, -0.2) is 22.9 Å². The molecule has 0 aliphatic rings. The number of pyridine rings is 1. The third-order valence-electron chi connectivity index (χ3n) is 3.52. The molecule has 2 amide bonds. The van der Waals surface area contributed by atoms with Gasteiger partial charge in [0.25, 0.3) is 5.91 Å². The van der Waals surface area contributed by atoms with E-state index in [4.69, 9.17) is 9.47 Å². The van der Waals surface area contributed by atoms with Crippen LogP contribution < -0.4 is 14.8 Å². The molecule has 0 saturated carbocycles. The molecule has 0 bridgehead atoms. The van der Waals surface area contributed by atoms with E-state index in [9.17, 15) is 18.0 Å². The minimum atomic E-state index is -3.80. The molecule has 2 rings (SSSR count). The maximum atomic E-state index is 12.1. The Bertz CT molecular complexity index is 885. The standard InChI is InChI=1S/C18H21N3O6S/c1-26-11-10-19-18(23)27-16-8-7-15(13-20-16)17(22)21-28(24,25)12-9-14-5-3-2-4-6-14/h2-8,13H,9-12H2,1H3,(H,19,23)(H,21,22). The lowest BCUT2D eigenvalue weighted by molar-refractivity contribution is 0.0981. The summed E-state index contributed by atoms with van der Waals surface area (Å²) >= 11 is 0. The number of hydrogen-bond donors (Lipinski definition) is 2. The molecule has 10 heteroatoms. The van der Waals surface area contributed by atoms with E-state index in [1.165, 1.54) is 19.2 Å². The summed E-state index contributed by atoms with van der Waals surface area (Å²) in [7, 11) is -2.30. The average molecular weight is 407 g/mol. The number of aryl methyl sites for hydroxylation is 1. The summed E-state index contributed by atoms with van der Waals surface area (Å²) < 4.78 is 35.9. The number of carbonyl (C=O) groups excluding carboxylic acids is 2. The minimum absolute atomic E-state index is 0.0235. The van der Waals surface area contributed by atoms with Crippen molar-refractivity contribution in [3.05, 3.63) is 59.8 Å². The smallest absolute Gasteiger partial charge is 0.391 e. The Labute approximate surface area is 163 Å². The average Bonchev–Trinajstić information content (AvgIpc) is 2.68. The molecule has 0 saturated heterocycles. The highest BCUT2D eigenvalue weighted by molar-refractivity contribution is 7.90. The molecule has 1 heterocycles. The van der Waals surface area contributed by atoms with Crippen LogP contribution in [0, 0.1) is 0 Å². The van der Waals surface area contributed by atoms with Crippen LogP contribution in [0.3, 0.4) is 0 Å². The molecule has 2 N–H and O–H groups in total. The predicted molar refractivity (Wildman–Crippen MR) is 102 cm³/mol. The van der Waals surface area contributed by atoms with Gasteiger partial charge in [0.15, 0.2) is 0 Å². The van der Waals surface area contributed by atoms with E-state index >= 15 is 0 Å². The van der Waals surface area contributed by atoms with Gasteiger partial charge < -0.3 is 14.8 Å². The predicted octanol–water partition coefficient (Wildman–Crippen LogP) is 1.12. The molecular formula is C18H21N3O6S. The van der Waals surface area contributed by atoms with Crippen LogP contribution in [0.5, 0.6) is 5.88 Å². The van der Waals surface area contributed by atoms with Crippen LogP contribution in [0.4, 0.5) is 4.79 Å². The van der Waals surface area contributed by atoms with Crippen molar-refractivity contribution < 1.29 is 27.5 Å². The highest BCUT2D eigenvalue weighted by atomic mass is 32.2. The van der Waals surface area contributed by atoms with Crippen LogP contribution in [-0.2, 0) is 21.2 Å². The topological polar surface area (TPSA) is 124 Å². The zero-order valence-corrected chi connectivity index (χ0v) is 16.1. The Morgan fingerprint density at radius 2 is 1.86 bits per heavy atom. The van der Waals surface area contributed by atoms with Crippen LogP contribution in [0.15, 0.2) is 48.7 Å². The van der Waals surface area contributed by atoms with Gasteiger partial charge in [-0.2, -0.15) is 0 Å². The summed E-state index contributed by atoms with van der Waals surface area (Å²) in [5.41, 5.74) is 0.877. The van der Waals surface area contributed by atoms with E-state index in [1.54, 1.807) is 0 Å². The fraction of sp³-hybridized carbons (Fsp3) is 0.278. The Hall–Kier alpha value is -2.98. The van der Waals surface area contributed by atoms with Crippen LogP contribution in [-0.4, -0.2) is 51.4 Å². The van der Waals surface area contributed by atoms with Crippen molar-refractivity contribution in [1.82, 2.24) is 15.0 Å². The molecule has 0 fully saturated rings. The van der Waals surface area contributed by atoms with Crippen molar-refractivity contribution >= 4 is 22.0 Å². The van der Waals surface area contributed by atoms with Gasteiger partial charge in [0.1, 0.15) is 0 Å². The number of nitrogens with zero attached hydrogens (tertiary/aromatic N) is 1. The van der Waals surface area contributed by atoms with Gasteiger partial charge in [0.2, 0.25) is 15.9 Å². The number of amides is 2. The van der Waals surface area contributed by atoms with Crippen LogP contribution >= 0.6 is 0 Å². The number of sulfonamides is 1. The first-order chi connectivity index (χ1) is 13.4. The van der Waals surface area contributed by atoms with Crippen molar-refractivity contribution in [1.29, 1.82) is 0 Å². The fourth-order valence-corrected chi connectivity index (χ4v) is 3.12. The second-order valence-corrected chi connectivity index (χ2v) is 7.52. The second-order valence-electron chi connectivity index (χ2n) is 5.68. The Balaban J connectivity index is 1.87. The highest BCUT2D eigenvalue weighted by Crippen LogP contribution is 2.08. The van der Waals surface area contributed by atoms with Crippen molar-refractivity contribution in [3.63, 3.8) is 0 Å². The van der Waals surface area contributed by atoms with Gasteiger partial charge in [0, 0.05) is 25.9 Å². The molecule has 0 aliphatic heterocycles. The molecule has 0 spiro atoms. The summed E-state index contributed by atoms with van der Waals surface area (Å²) in [6, 6.07) is 11.7. The Morgan fingerprint density at radius 1 is 1.11 bits per heavy atom. The van der Waals surface area contributed by atoms with Gasteiger partial charge in [-0.15, -0.1) is 0 Å². The second kappa shape index (κ2) is 10.4. The molecule has 0 unspecified atom stereocenters. The lowest BCUT2D eigenvalue weighted by Crippen LogP contribution is -2.33. The number of nitrogens with one attached hydrogen (secondary N) is 2. The van der Waals surface area contributed by atoms with Crippen molar-refractivity contribution in [2.24, 2.45) is 0 Å². The molecular weight excluding hydrogens is 386 g/mol. The van der Waals surface area contributed by atoms with Gasteiger partial charge in [-0.3, -0.25) is 4.79 Å². The molecule has 1 aromatic heterocycles. The molecule has 2 aromatic rings. The normalized spacial score (nSPS) is 10.9. The maximum absolute atomic E-state index is 12.1. The van der Waals surface area contributed by atoms with E-state index in [2.05, 4.69) is 10.3 Å². The molecule has 28 heavy (non-hydrogen) atoms. The van der Waals surface area contributed by atoms with Gasteiger partial charge >= 0.3 is 6.09 Å². The van der Waals surface area contributed by atoms with E-state index in [1.807, 2.05) is 35.1 Å².